The number of benzene rings is 1. The fourth-order valence-electron chi connectivity index (χ4n) is 1.86. The Labute approximate surface area is 125 Å². The van der Waals surface area contributed by atoms with Crippen molar-refractivity contribution >= 4 is 17.3 Å². The summed E-state index contributed by atoms with van der Waals surface area (Å²) in [5.41, 5.74) is 3.50. The van der Waals surface area contributed by atoms with Crippen molar-refractivity contribution in [3.05, 3.63) is 53.9 Å². The van der Waals surface area contributed by atoms with E-state index in [0.29, 0.717) is 18.2 Å². The highest BCUT2D eigenvalue weighted by Gasteiger charge is 2.07. The van der Waals surface area contributed by atoms with Gasteiger partial charge in [0.1, 0.15) is 5.69 Å². The third kappa shape index (κ3) is 4.31. The van der Waals surface area contributed by atoms with E-state index in [1.54, 1.807) is 12.3 Å². The molecule has 110 valence electrons. The minimum Gasteiger partial charge on any atom is -0.354 e. The van der Waals surface area contributed by atoms with E-state index in [0.717, 1.165) is 16.9 Å². The number of aryl methyl sites for hydroxylation is 1. The second kappa shape index (κ2) is 6.88. The van der Waals surface area contributed by atoms with Crippen LogP contribution >= 0.6 is 0 Å². The number of pyridine rings is 1. The average molecular weight is 283 g/mol. The van der Waals surface area contributed by atoms with E-state index in [1.807, 2.05) is 37.3 Å². The normalized spacial score (nSPS) is 10.5. The summed E-state index contributed by atoms with van der Waals surface area (Å²) in [6.07, 6.45) is 1.68. The first-order valence-corrected chi connectivity index (χ1v) is 7.13. The summed E-state index contributed by atoms with van der Waals surface area (Å²) in [5.74, 6) is 0.294. The van der Waals surface area contributed by atoms with Crippen molar-refractivity contribution in [1.82, 2.24) is 10.3 Å². The molecule has 0 fully saturated rings. The Morgan fingerprint density at radius 3 is 2.57 bits per heavy atom. The molecule has 0 bridgehead atoms. The van der Waals surface area contributed by atoms with Gasteiger partial charge in [-0.2, -0.15) is 0 Å². The molecule has 2 aromatic rings. The van der Waals surface area contributed by atoms with Gasteiger partial charge in [0.05, 0.1) is 11.9 Å². The van der Waals surface area contributed by atoms with E-state index < -0.39 is 0 Å². The van der Waals surface area contributed by atoms with E-state index in [4.69, 9.17) is 0 Å². The van der Waals surface area contributed by atoms with Crippen molar-refractivity contribution in [3.8, 4) is 0 Å². The molecule has 0 saturated carbocycles. The van der Waals surface area contributed by atoms with Crippen molar-refractivity contribution in [2.24, 2.45) is 5.92 Å². The van der Waals surface area contributed by atoms with Gasteiger partial charge in [0, 0.05) is 12.2 Å². The fourth-order valence-corrected chi connectivity index (χ4v) is 1.86. The zero-order valence-corrected chi connectivity index (χ0v) is 12.7. The summed E-state index contributed by atoms with van der Waals surface area (Å²) in [7, 11) is 0. The molecule has 1 aromatic heterocycles. The van der Waals surface area contributed by atoms with Crippen LogP contribution in [-0.2, 0) is 0 Å². The Morgan fingerprint density at radius 2 is 1.95 bits per heavy atom. The van der Waals surface area contributed by atoms with E-state index >= 15 is 0 Å². The van der Waals surface area contributed by atoms with E-state index in [9.17, 15) is 4.79 Å². The molecule has 0 unspecified atom stereocenters. The lowest BCUT2D eigenvalue weighted by Gasteiger charge is -2.10. The molecule has 2 N–H and O–H groups in total. The van der Waals surface area contributed by atoms with Crippen molar-refractivity contribution < 1.29 is 4.79 Å². The van der Waals surface area contributed by atoms with Gasteiger partial charge in [0.2, 0.25) is 0 Å². The summed E-state index contributed by atoms with van der Waals surface area (Å²) in [6, 6.07) is 11.6. The molecule has 1 aromatic carbocycles. The summed E-state index contributed by atoms with van der Waals surface area (Å²) in [6.45, 7) is 6.82. The summed E-state index contributed by atoms with van der Waals surface area (Å²) < 4.78 is 0. The van der Waals surface area contributed by atoms with Gasteiger partial charge in [0.25, 0.3) is 5.91 Å². The van der Waals surface area contributed by atoms with Crippen molar-refractivity contribution in [2.45, 2.75) is 20.8 Å². The Bertz CT molecular complexity index is 606. The summed E-state index contributed by atoms with van der Waals surface area (Å²) in [4.78, 5) is 16.1. The molecule has 0 saturated heterocycles. The van der Waals surface area contributed by atoms with Crippen LogP contribution in [0.25, 0.3) is 0 Å². The van der Waals surface area contributed by atoms with Crippen LogP contribution in [0.5, 0.6) is 0 Å². The second-order valence-corrected chi connectivity index (χ2v) is 5.48. The Morgan fingerprint density at radius 1 is 1.19 bits per heavy atom. The lowest BCUT2D eigenvalue weighted by Crippen LogP contribution is -2.27. The molecule has 0 aliphatic carbocycles. The number of para-hydroxylation sites is 1. The molecular weight excluding hydrogens is 262 g/mol. The minimum atomic E-state index is -0.133. The topological polar surface area (TPSA) is 54.0 Å². The lowest BCUT2D eigenvalue weighted by atomic mass is 10.2. The number of rotatable bonds is 5. The third-order valence-electron chi connectivity index (χ3n) is 3.09. The molecule has 0 atom stereocenters. The predicted molar refractivity (Wildman–Crippen MR) is 85.9 cm³/mol. The number of carbonyl (C=O) groups excluding carboxylic acids is 1. The molecule has 4 nitrogen and oxygen atoms in total. The number of anilines is 2. The zero-order chi connectivity index (χ0) is 15.2. The number of hydrogen-bond acceptors (Lipinski definition) is 3. The summed E-state index contributed by atoms with van der Waals surface area (Å²) in [5, 5.41) is 6.15. The number of amides is 1. The molecular formula is C17H21N3O. The van der Waals surface area contributed by atoms with Crippen LogP contribution in [0.4, 0.5) is 11.4 Å². The maximum atomic E-state index is 11.9. The molecule has 1 amide bonds. The number of nitrogens with zero attached hydrogens (tertiary/aromatic N) is 1. The van der Waals surface area contributed by atoms with Gasteiger partial charge in [-0.15, -0.1) is 0 Å². The van der Waals surface area contributed by atoms with Crippen molar-refractivity contribution in [3.63, 3.8) is 0 Å². The van der Waals surface area contributed by atoms with Crippen LogP contribution in [0.1, 0.15) is 29.9 Å². The van der Waals surface area contributed by atoms with Crippen LogP contribution in [0.15, 0.2) is 42.6 Å². The zero-order valence-electron chi connectivity index (χ0n) is 12.7. The van der Waals surface area contributed by atoms with Crippen LogP contribution in [-0.4, -0.2) is 17.4 Å². The van der Waals surface area contributed by atoms with Gasteiger partial charge in [0.15, 0.2) is 0 Å². The first-order valence-electron chi connectivity index (χ1n) is 7.13. The van der Waals surface area contributed by atoms with Gasteiger partial charge in [-0.3, -0.25) is 4.79 Å². The summed E-state index contributed by atoms with van der Waals surface area (Å²) >= 11 is 0. The van der Waals surface area contributed by atoms with Crippen molar-refractivity contribution in [2.75, 3.05) is 11.9 Å². The monoisotopic (exact) mass is 283 g/mol. The predicted octanol–water partition coefficient (Wildman–Crippen LogP) is 3.52. The van der Waals surface area contributed by atoms with E-state index in [1.165, 1.54) is 0 Å². The highest BCUT2D eigenvalue weighted by Crippen LogP contribution is 2.19. The van der Waals surface area contributed by atoms with Crippen molar-refractivity contribution in [1.29, 1.82) is 0 Å². The molecule has 1 heterocycles. The van der Waals surface area contributed by atoms with E-state index in [2.05, 4.69) is 29.5 Å². The van der Waals surface area contributed by atoms with E-state index in [-0.39, 0.29) is 5.91 Å². The van der Waals surface area contributed by atoms with Gasteiger partial charge in [-0.1, -0.05) is 32.0 Å². The molecule has 2 rings (SSSR count). The standard InChI is InChI=1S/C17H21N3O/c1-12(2)10-19-17(21)16-9-8-14(11-18-16)20-15-7-5-4-6-13(15)3/h4-9,11-12,20H,10H2,1-3H3,(H,19,21). The average Bonchev–Trinajstić information content (AvgIpc) is 2.48. The number of aromatic nitrogens is 1. The third-order valence-corrected chi connectivity index (χ3v) is 3.09. The maximum absolute atomic E-state index is 11.9. The SMILES string of the molecule is Cc1ccccc1Nc1ccc(C(=O)NCC(C)C)nc1. The quantitative estimate of drug-likeness (QED) is 0.882. The Hall–Kier alpha value is -2.36. The molecule has 0 spiro atoms. The van der Waals surface area contributed by atoms with Crippen LogP contribution in [0, 0.1) is 12.8 Å². The van der Waals surface area contributed by atoms with Gasteiger partial charge in [-0.25, -0.2) is 4.98 Å². The molecule has 0 aliphatic heterocycles. The highest BCUT2D eigenvalue weighted by atomic mass is 16.1. The lowest BCUT2D eigenvalue weighted by molar-refractivity contribution is 0.0944. The fraction of sp³-hybridized carbons (Fsp3) is 0.294. The number of hydrogen-bond donors (Lipinski definition) is 2. The highest BCUT2D eigenvalue weighted by molar-refractivity contribution is 5.92. The molecule has 0 aliphatic rings. The van der Waals surface area contributed by atoms with Gasteiger partial charge in [-0.05, 0) is 36.6 Å². The smallest absolute Gasteiger partial charge is 0.269 e. The molecule has 0 radical (unpaired) electrons. The largest absolute Gasteiger partial charge is 0.354 e. The van der Waals surface area contributed by atoms with Gasteiger partial charge < -0.3 is 10.6 Å². The Kier molecular flexibility index (Phi) is 4.93. The van der Waals surface area contributed by atoms with Crippen LogP contribution < -0.4 is 10.6 Å². The maximum Gasteiger partial charge on any atom is 0.269 e. The Balaban J connectivity index is 2.02. The first-order chi connectivity index (χ1) is 10.1. The first kappa shape index (κ1) is 15.0. The minimum absolute atomic E-state index is 0.133. The van der Waals surface area contributed by atoms with Crippen LogP contribution in [0.2, 0.25) is 0 Å². The second-order valence-electron chi connectivity index (χ2n) is 5.48. The molecule has 21 heavy (non-hydrogen) atoms. The molecule has 4 heteroatoms. The number of carbonyl (C=O) groups is 1. The van der Waals surface area contributed by atoms with Crippen LogP contribution in [0.3, 0.4) is 0 Å². The number of nitrogens with one attached hydrogen (secondary N) is 2. The van der Waals surface area contributed by atoms with Gasteiger partial charge >= 0.3 is 0 Å².